The fourth-order valence-corrected chi connectivity index (χ4v) is 4.13. The van der Waals surface area contributed by atoms with Gasteiger partial charge in [0.2, 0.25) is 0 Å². The number of hydrogen-bond donors (Lipinski definition) is 1. The summed E-state index contributed by atoms with van der Waals surface area (Å²) in [6, 6.07) is 5.49. The summed E-state index contributed by atoms with van der Waals surface area (Å²) in [4.78, 5) is 28.2. The quantitative estimate of drug-likeness (QED) is 0.863. The molecule has 4 atom stereocenters. The summed E-state index contributed by atoms with van der Waals surface area (Å²) in [6.07, 6.45) is 1.19. The highest BCUT2D eigenvalue weighted by Crippen LogP contribution is 2.41. The van der Waals surface area contributed by atoms with Crippen molar-refractivity contribution in [1.82, 2.24) is 10.2 Å². The van der Waals surface area contributed by atoms with Crippen molar-refractivity contribution in [3.63, 3.8) is 0 Å². The molecule has 7 nitrogen and oxygen atoms in total. The van der Waals surface area contributed by atoms with Crippen LogP contribution in [0, 0.1) is 5.92 Å². The molecule has 0 radical (unpaired) electrons. The molecule has 3 aliphatic rings. The molecular formula is C18H23N3O4. The van der Waals surface area contributed by atoms with Gasteiger partial charge >= 0.3 is 0 Å². The van der Waals surface area contributed by atoms with Crippen LogP contribution in [0.1, 0.15) is 16.8 Å². The maximum absolute atomic E-state index is 12.8. The summed E-state index contributed by atoms with van der Waals surface area (Å²) in [5.74, 6) is 0.748. The molecule has 1 saturated heterocycles. The number of rotatable bonds is 3. The Hall–Kier alpha value is -2.12. The molecule has 1 N–H and O–H groups in total. The number of carbonyl (C=O) groups is 2. The number of ether oxygens (including phenoxy) is 2. The van der Waals surface area contributed by atoms with Gasteiger partial charge in [0.05, 0.1) is 23.9 Å². The normalized spacial score (nSPS) is 30.4. The lowest BCUT2D eigenvalue weighted by Crippen LogP contribution is -2.69. The van der Waals surface area contributed by atoms with E-state index in [1.54, 1.807) is 25.2 Å². The minimum Gasteiger partial charge on any atom is -0.482 e. The lowest BCUT2D eigenvalue weighted by Gasteiger charge is -2.50. The van der Waals surface area contributed by atoms with Gasteiger partial charge in [-0.1, -0.05) is 0 Å². The summed E-state index contributed by atoms with van der Waals surface area (Å²) in [5, 5.41) is 3.16. The van der Waals surface area contributed by atoms with E-state index in [-0.39, 0.29) is 36.6 Å². The van der Waals surface area contributed by atoms with Crippen molar-refractivity contribution in [2.45, 2.75) is 24.6 Å². The van der Waals surface area contributed by atoms with Crippen LogP contribution in [0.3, 0.4) is 0 Å². The summed E-state index contributed by atoms with van der Waals surface area (Å²) < 4.78 is 11.2. The zero-order valence-corrected chi connectivity index (χ0v) is 14.7. The molecule has 2 fully saturated rings. The minimum atomic E-state index is -0.128. The van der Waals surface area contributed by atoms with Crippen LogP contribution >= 0.6 is 0 Å². The van der Waals surface area contributed by atoms with Gasteiger partial charge in [-0.05, 0) is 38.7 Å². The van der Waals surface area contributed by atoms with Crippen LogP contribution in [-0.4, -0.2) is 69.3 Å². The topological polar surface area (TPSA) is 71.1 Å². The largest absolute Gasteiger partial charge is 0.482 e. The second-order valence-corrected chi connectivity index (χ2v) is 7.17. The van der Waals surface area contributed by atoms with Crippen LogP contribution in [0.5, 0.6) is 5.75 Å². The molecule has 1 aromatic carbocycles. The van der Waals surface area contributed by atoms with E-state index in [0.717, 1.165) is 13.0 Å². The Balaban J connectivity index is 1.53. The van der Waals surface area contributed by atoms with Gasteiger partial charge in [-0.15, -0.1) is 0 Å². The molecule has 0 bridgehead atoms. The van der Waals surface area contributed by atoms with Gasteiger partial charge in [0.15, 0.2) is 6.61 Å². The molecular weight excluding hydrogens is 322 g/mol. The van der Waals surface area contributed by atoms with Crippen LogP contribution < -0.4 is 15.0 Å². The third-order valence-electron chi connectivity index (χ3n) is 5.55. The Bertz CT molecular complexity index is 720. The Morgan fingerprint density at radius 1 is 1.36 bits per heavy atom. The van der Waals surface area contributed by atoms with Crippen molar-refractivity contribution in [3.8, 4) is 5.75 Å². The number of amides is 2. The highest BCUT2D eigenvalue weighted by Gasteiger charge is 2.55. The summed E-state index contributed by atoms with van der Waals surface area (Å²) >= 11 is 0. The molecule has 4 rings (SSSR count). The first kappa shape index (κ1) is 16.4. The van der Waals surface area contributed by atoms with Crippen LogP contribution in [0.25, 0.3) is 0 Å². The Kier molecular flexibility index (Phi) is 3.92. The van der Waals surface area contributed by atoms with Gasteiger partial charge in [-0.2, -0.15) is 0 Å². The zero-order valence-electron chi connectivity index (χ0n) is 14.7. The molecule has 0 aromatic heterocycles. The van der Waals surface area contributed by atoms with E-state index in [4.69, 9.17) is 9.47 Å². The maximum Gasteiger partial charge on any atom is 0.264 e. The van der Waals surface area contributed by atoms with Crippen LogP contribution in [0.15, 0.2) is 18.2 Å². The first-order chi connectivity index (χ1) is 12.0. The summed E-state index contributed by atoms with van der Waals surface area (Å²) in [7, 11) is 5.72. The predicted molar refractivity (Wildman–Crippen MR) is 91.9 cm³/mol. The number of anilines is 1. The van der Waals surface area contributed by atoms with E-state index < -0.39 is 0 Å². The summed E-state index contributed by atoms with van der Waals surface area (Å²) in [6.45, 7) is 0.792. The Labute approximate surface area is 146 Å². The van der Waals surface area contributed by atoms with Crippen LogP contribution in [0.4, 0.5) is 5.69 Å². The monoisotopic (exact) mass is 345 g/mol. The van der Waals surface area contributed by atoms with Crippen molar-refractivity contribution in [2.75, 3.05) is 39.3 Å². The maximum atomic E-state index is 12.8. The highest BCUT2D eigenvalue weighted by atomic mass is 16.5. The molecule has 2 amide bonds. The first-order valence-corrected chi connectivity index (χ1v) is 8.59. The lowest BCUT2D eigenvalue weighted by atomic mass is 9.71. The fraction of sp³-hybridized carbons (Fsp3) is 0.556. The number of carbonyl (C=O) groups excluding carboxylic acids is 2. The molecule has 2 heterocycles. The van der Waals surface area contributed by atoms with Gasteiger partial charge in [-0.3, -0.25) is 9.59 Å². The molecule has 1 aromatic rings. The third kappa shape index (κ3) is 2.58. The highest BCUT2D eigenvalue weighted by molar-refractivity contribution is 6.01. The molecule has 1 saturated carbocycles. The number of nitrogens with one attached hydrogen (secondary N) is 1. The Morgan fingerprint density at radius 3 is 2.92 bits per heavy atom. The van der Waals surface area contributed by atoms with E-state index in [0.29, 0.717) is 22.9 Å². The predicted octanol–water partition coefficient (Wildman–Crippen LogP) is 0.489. The average molecular weight is 345 g/mol. The number of benzene rings is 1. The van der Waals surface area contributed by atoms with E-state index in [2.05, 4.69) is 10.2 Å². The van der Waals surface area contributed by atoms with Crippen molar-refractivity contribution >= 4 is 17.5 Å². The second kappa shape index (κ2) is 6.00. The molecule has 0 spiro atoms. The van der Waals surface area contributed by atoms with E-state index in [1.807, 2.05) is 14.1 Å². The SMILES string of the molecule is CN1C(=O)COc2ccc(C(=O)N[C@H]3[C@H]4CCO[C@H]4[C@@H]3N(C)C)cc21. The fourth-order valence-electron chi connectivity index (χ4n) is 4.13. The number of likely N-dealkylation sites (N-methyl/N-ethyl adjacent to an activating group) is 2. The van der Waals surface area contributed by atoms with E-state index in [9.17, 15) is 9.59 Å². The number of hydrogen-bond acceptors (Lipinski definition) is 5. The van der Waals surface area contributed by atoms with Crippen molar-refractivity contribution in [2.24, 2.45) is 5.92 Å². The smallest absolute Gasteiger partial charge is 0.264 e. The molecule has 7 heteroatoms. The minimum absolute atomic E-state index is 0.0324. The standard InChI is InChI=1S/C18H23N3O4/c1-20(2)16-15(11-6-7-24-17(11)16)19-18(23)10-4-5-13-12(8-10)21(3)14(22)9-25-13/h4-5,8,11,15-17H,6-7,9H2,1-3H3,(H,19,23)/t11-,15+,16-,17-/m1/s1. The molecule has 1 aliphatic carbocycles. The molecule has 134 valence electrons. The summed E-state index contributed by atoms with van der Waals surface area (Å²) in [5.41, 5.74) is 1.16. The van der Waals surface area contributed by atoms with E-state index >= 15 is 0 Å². The van der Waals surface area contributed by atoms with Gasteiger partial charge in [0, 0.05) is 25.1 Å². The Morgan fingerprint density at radius 2 is 2.16 bits per heavy atom. The van der Waals surface area contributed by atoms with Gasteiger partial charge in [0.25, 0.3) is 11.8 Å². The van der Waals surface area contributed by atoms with Crippen LogP contribution in [-0.2, 0) is 9.53 Å². The zero-order chi connectivity index (χ0) is 17.7. The van der Waals surface area contributed by atoms with Gasteiger partial charge in [0.1, 0.15) is 5.75 Å². The van der Waals surface area contributed by atoms with Gasteiger partial charge < -0.3 is 24.6 Å². The van der Waals surface area contributed by atoms with Gasteiger partial charge in [-0.25, -0.2) is 0 Å². The van der Waals surface area contributed by atoms with Crippen molar-refractivity contribution in [1.29, 1.82) is 0 Å². The first-order valence-electron chi connectivity index (χ1n) is 8.59. The average Bonchev–Trinajstić information content (AvgIpc) is 2.98. The number of fused-ring (bicyclic) bond motifs is 2. The molecule has 25 heavy (non-hydrogen) atoms. The van der Waals surface area contributed by atoms with E-state index in [1.165, 1.54) is 4.90 Å². The van der Waals surface area contributed by atoms with Crippen molar-refractivity contribution < 1.29 is 19.1 Å². The third-order valence-corrected chi connectivity index (χ3v) is 5.55. The molecule has 2 aliphatic heterocycles. The van der Waals surface area contributed by atoms with Crippen molar-refractivity contribution in [3.05, 3.63) is 23.8 Å². The molecule has 0 unspecified atom stereocenters. The van der Waals surface area contributed by atoms with Crippen LogP contribution in [0.2, 0.25) is 0 Å². The number of nitrogens with zero attached hydrogens (tertiary/aromatic N) is 2. The second-order valence-electron chi connectivity index (χ2n) is 7.17. The lowest BCUT2D eigenvalue weighted by molar-refractivity contribution is -0.120.